The van der Waals surface area contributed by atoms with E-state index in [0.29, 0.717) is 30.8 Å². The van der Waals surface area contributed by atoms with Gasteiger partial charge in [-0.2, -0.15) is 0 Å². The fraction of sp³-hybridized carbons (Fsp3) is 0.682. The zero-order valence-corrected chi connectivity index (χ0v) is 21.8. The first-order valence-corrected chi connectivity index (χ1v) is 14.8. The van der Waals surface area contributed by atoms with Crippen molar-refractivity contribution in [1.82, 2.24) is 0 Å². The average molecular weight is 536 g/mol. The molecule has 1 atom stereocenters. The molecule has 7 heteroatoms. The van der Waals surface area contributed by atoms with E-state index in [1.165, 1.54) is 0 Å². The van der Waals surface area contributed by atoms with Crippen molar-refractivity contribution in [2.24, 2.45) is 5.92 Å². The normalized spacial score (nSPS) is 18.5. The first-order chi connectivity index (χ1) is 13.2. The lowest BCUT2D eigenvalue weighted by Gasteiger charge is -2.48. The molecule has 0 aromatic heterocycles. The van der Waals surface area contributed by atoms with Crippen molar-refractivity contribution in [3.63, 3.8) is 0 Å². The highest BCUT2D eigenvalue weighted by Gasteiger charge is 2.47. The molecular formula is C22H34FIO4Si. The lowest BCUT2D eigenvalue weighted by Crippen LogP contribution is -2.48. The first-order valence-electron chi connectivity index (χ1n) is 10.3. The van der Waals surface area contributed by atoms with Crippen molar-refractivity contribution in [2.45, 2.75) is 77.6 Å². The molecular weight excluding hydrogens is 502 g/mol. The molecule has 0 spiro atoms. The van der Waals surface area contributed by atoms with Crippen molar-refractivity contribution < 1.29 is 23.5 Å². The van der Waals surface area contributed by atoms with Gasteiger partial charge in [0.25, 0.3) is 0 Å². The Morgan fingerprint density at radius 2 is 1.86 bits per heavy atom. The van der Waals surface area contributed by atoms with Gasteiger partial charge in [0.05, 0.1) is 14.7 Å². The Bertz CT molecular complexity index is 764. The predicted molar refractivity (Wildman–Crippen MR) is 125 cm³/mol. The SMILES string of the molecule is CCC(O[Si](C)(C)C)(c1cc(C(=O)O)c(I)c(F)c1C(C)(C)C)C1CCOCC1. The Balaban J connectivity index is 2.92. The third-order valence-electron chi connectivity index (χ3n) is 5.54. The second-order valence-corrected chi connectivity index (χ2v) is 15.4. The molecule has 0 saturated carbocycles. The molecule has 1 N–H and O–H groups in total. The van der Waals surface area contributed by atoms with Crippen LogP contribution in [0.1, 0.15) is 68.4 Å². The van der Waals surface area contributed by atoms with Gasteiger partial charge in [0.2, 0.25) is 0 Å². The maximum atomic E-state index is 15.7. The number of ether oxygens (including phenoxy) is 1. The molecule has 1 heterocycles. The summed E-state index contributed by atoms with van der Waals surface area (Å²) in [5.74, 6) is -1.40. The molecule has 1 saturated heterocycles. The summed E-state index contributed by atoms with van der Waals surface area (Å²) in [5, 5.41) is 9.77. The van der Waals surface area contributed by atoms with Crippen LogP contribution < -0.4 is 0 Å². The molecule has 0 aliphatic carbocycles. The fourth-order valence-corrected chi connectivity index (χ4v) is 6.64. The van der Waals surface area contributed by atoms with Gasteiger partial charge in [-0.3, -0.25) is 0 Å². The summed E-state index contributed by atoms with van der Waals surface area (Å²) in [7, 11) is -2.05. The quantitative estimate of drug-likeness (QED) is 0.342. The number of carboxylic acid groups (broad SMARTS) is 1. The van der Waals surface area contributed by atoms with E-state index in [0.717, 1.165) is 12.8 Å². The summed E-state index contributed by atoms with van der Waals surface area (Å²) in [6.45, 7) is 15.7. The lowest BCUT2D eigenvalue weighted by atomic mass is 9.69. The summed E-state index contributed by atoms with van der Waals surface area (Å²) < 4.78 is 28.3. The van der Waals surface area contributed by atoms with Crippen LogP contribution in [0.25, 0.3) is 0 Å². The van der Waals surface area contributed by atoms with Crippen LogP contribution in [0.5, 0.6) is 0 Å². The number of halogens is 2. The summed E-state index contributed by atoms with van der Waals surface area (Å²) >= 11 is 1.82. The minimum Gasteiger partial charge on any atom is -0.478 e. The molecule has 1 aromatic carbocycles. The Morgan fingerprint density at radius 1 is 1.31 bits per heavy atom. The maximum Gasteiger partial charge on any atom is 0.336 e. The smallest absolute Gasteiger partial charge is 0.336 e. The number of hydrogen-bond acceptors (Lipinski definition) is 3. The monoisotopic (exact) mass is 536 g/mol. The van der Waals surface area contributed by atoms with Crippen molar-refractivity contribution in [1.29, 1.82) is 0 Å². The van der Waals surface area contributed by atoms with Gasteiger partial charge in [0.15, 0.2) is 8.32 Å². The Morgan fingerprint density at radius 3 is 2.28 bits per heavy atom. The van der Waals surface area contributed by atoms with E-state index in [1.807, 2.05) is 43.4 Å². The van der Waals surface area contributed by atoms with Gasteiger partial charge in [-0.25, -0.2) is 9.18 Å². The number of aromatic carboxylic acids is 1. The van der Waals surface area contributed by atoms with Gasteiger partial charge in [-0.15, -0.1) is 0 Å². The molecule has 2 rings (SSSR count). The Kier molecular flexibility index (Phi) is 7.62. The lowest BCUT2D eigenvalue weighted by molar-refractivity contribution is -0.0611. The van der Waals surface area contributed by atoms with Crippen LogP contribution in [-0.2, 0) is 20.2 Å². The number of hydrogen-bond donors (Lipinski definition) is 1. The minimum atomic E-state index is -2.05. The second kappa shape index (κ2) is 8.92. The van der Waals surface area contributed by atoms with Crippen molar-refractivity contribution in [3.05, 3.63) is 32.1 Å². The van der Waals surface area contributed by atoms with Crippen LogP contribution in [0.3, 0.4) is 0 Å². The van der Waals surface area contributed by atoms with Gasteiger partial charge in [0.1, 0.15) is 5.82 Å². The number of carboxylic acids is 1. The van der Waals surface area contributed by atoms with Crippen LogP contribution in [0.2, 0.25) is 19.6 Å². The molecule has 4 nitrogen and oxygen atoms in total. The van der Waals surface area contributed by atoms with E-state index < -0.39 is 31.1 Å². The largest absolute Gasteiger partial charge is 0.478 e. The van der Waals surface area contributed by atoms with E-state index in [1.54, 1.807) is 6.07 Å². The van der Waals surface area contributed by atoms with Gasteiger partial charge in [-0.05, 0) is 84.5 Å². The van der Waals surface area contributed by atoms with E-state index in [2.05, 4.69) is 26.6 Å². The van der Waals surface area contributed by atoms with Crippen molar-refractivity contribution in [3.8, 4) is 0 Å². The van der Waals surface area contributed by atoms with Crippen LogP contribution in [-0.4, -0.2) is 32.6 Å². The molecule has 1 fully saturated rings. The van der Waals surface area contributed by atoms with E-state index >= 15 is 4.39 Å². The maximum absolute atomic E-state index is 15.7. The average Bonchev–Trinajstić information content (AvgIpc) is 2.60. The van der Waals surface area contributed by atoms with Crippen molar-refractivity contribution in [2.75, 3.05) is 13.2 Å². The van der Waals surface area contributed by atoms with Crippen LogP contribution in [0.15, 0.2) is 6.07 Å². The zero-order valence-electron chi connectivity index (χ0n) is 18.6. The molecule has 29 heavy (non-hydrogen) atoms. The fourth-order valence-electron chi connectivity index (χ4n) is 4.47. The van der Waals surface area contributed by atoms with Crippen molar-refractivity contribution >= 4 is 36.9 Å². The van der Waals surface area contributed by atoms with Crippen LogP contribution in [0.4, 0.5) is 4.39 Å². The molecule has 1 aliphatic heterocycles. The third kappa shape index (κ3) is 5.22. The molecule has 0 amide bonds. The van der Waals surface area contributed by atoms with Crippen LogP contribution >= 0.6 is 22.6 Å². The number of carbonyl (C=O) groups is 1. The summed E-state index contributed by atoms with van der Waals surface area (Å²) in [6.07, 6.45) is 2.29. The van der Waals surface area contributed by atoms with Gasteiger partial charge >= 0.3 is 5.97 Å². The Labute approximate surface area is 188 Å². The molecule has 164 valence electrons. The van der Waals surface area contributed by atoms with E-state index in [4.69, 9.17) is 9.16 Å². The first kappa shape index (κ1) is 24.8. The van der Waals surface area contributed by atoms with E-state index in [9.17, 15) is 9.90 Å². The third-order valence-corrected chi connectivity index (χ3v) is 7.57. The zero-order chi connectivity index (χ0) is 22.2. The molecule has 1 unspecified atom stereocenters. The summed E-state index contributed by atoms with van der Waals surface area (Å²) in [5.41, 5.74) is 0.0579. The predicted octanol–water partition coefficient (Wildman–Crippen LogP) is 6.31. The van der Waals surface area contributed by atoms with Gasteiger partial charge in [-0.1, -0.05) is 27.7 Å². The molecule has 0 radical (unpaired) electrons. The molecule has 1 aliphatic rings. The standard InChI is InChI=1S/C22H34FIO4Si/c1-8-22(28-29(5,6)7,14-9-11-27-12-10-14)16-13-15(20(25)26)19(24)18(23)17(16)21(2,3)4/h13-14H,8-12H2,1-7H3,(H,25,26). The molecule has 0 bridgehead atoms. The Hall–Kier alpha value is -0.513. The highest BCUT2D eigenvalue weighted by molar-refractivity contribution is 14.1. The highest BCUT2D eigenvalue weighted by atomic mass is 127. The summed E-state index contributed by atoms with van der Waals surface area (Å²) in [6, 6.07) is 1.69. The van der Waals surface area contributed by atoms with Crippen LogP contribution in [0, 0.1) is 15.3 Å². The molecule has 1 aromatic rings. The van der Waals surface area contributed by atoms with Gasteiger partial charge < -0.3 is 14.3 Å². The number of rotatable bonds is 6. The highest BCUT2D eigenvalue weighted by Crippen LogP contribution is 2.49. The van der Waals surface area contributed by atoms with Gasteiger partial charge in [0, 0.05) is 18.8 Å². The summed E-state index contributed by atoms with van der Waals surface area (Å²) in [4.78, 5) is 11.9. The second-order valence-electron chi connectivity index (χ2n) is 9.87. The van der Waals surface area contributed by atoms with E-state index in [-0.39, 0.29) is 15.1 Å². The topological polar surface area (TPSA) is 55.8 Å². The number of benzene rings is 1. The minimum absolute atomic E-state index is 0.00941.